The highest BCUT2D eigenvalue weighted by atomic mass is 16.5. The lowest BCUT2D eigenvalue weighted by atomic mass is 10.2. The lowest BCUT2D eigenvalue weighted by Gasteiger charge is -2.10. The van der Waals surface area contributed by atoms with Gasteiger partial charge in [0.1, 0.15) is 5.82 Å². The second-order valence-electron chi connectivity index (χ2n) is 4.69. The van der Waals surface area contributed by atoms with E-state index in [1.54, 1.807) is 36.5 Å². The maximum absolute atomic E-state index is 11.8. The first-order valence-electron chi connectivity index (χ1n) is 7.14. The highest BCUT2D eigenvalue weighted by Crippen LogP contribution is 2.27. The first-order valence-corrected chi connectivity index (χ1v) is 7.14. The molecule has 2 rings (SSSR count). The molecule has 2 aromatic rings. The summed E-state index contributed by atoms with van der Waals surface area (Å²) in [5.74, 6) is 1.48. The van der Waals surface area contributed by atoms with Gasteiger partial charge in [0.15, 0.2) is 11.5 Å². The number of hydrogen-bond donors (Lipinski definition) is 1. The lowest BCUT2D eigenvalue weighted by molar-refractivity contribution is -0.116. The van der Waals surface area contributed by atoms with E-state index in [1.165, 1.54) is 7.11 Å². The van der Waals surface area contributed by atoms with Crippen molar-refractivity contribution in [1.29, 1.82) is 5.26 Å². The Morgan fingerprint density at radius 1 is 1.30 bits per heavy atom. The zero-order chi connectivity index (χ0) is 16.5. The Morgan fingerprint density at radius 2 is 2.17 bits per heavy atom. The van der Waals surface area contributed by atoms with Gasteiger partial charge >= 0.3 is 0 Å². The minimum Gasteiger partial charge on any atom is -0.493 e. The van der Waals surface area contributed by atoms with Gasteiger partial charge in [-0.15, -0.1) is 0 Å². The van der Waals surface area contributed by atoms with Crippen LogP contribution in [0.5, 0.6) is 11.5 Å². The van der Waals surface area contributed by atoms with Crippen LogP contribution in [0.2, 0.25) is 0 Å². The van der Waals surface area contributed by atoms with Gasteiger partial charge < -0.3 is 14.8 Å². The second kappa shape index (κ2) is 8.39. The maximum atomic E-state index is 11.8. The van der Waals surface area contributed by atoms with Crippen LogP contribution in [-0.2, 0) is 4.79 Å². The van der Waals surface area contributed by atoms with E-state index in [4.69, 9.17) is 14.7 Å². The number of pyridine rings is 1. The molecular formula is C17H17N3O3. The monoisotopic (exact) mass is 311 g/mol. The molecular weight excluding hydrogens is 294 g/mol. The van der Waals surface area contributed by atoms with E-state index in [2.05, 4.69) is 10.3 Å². The molecule has 0 fully saturated rings. The first kappa shape index (κ1) is 16.3. The first-order chi connectivity index (χ1) is 11.2. The Labute approximate surface area is 134 Å². The number of carbonyl (C=O) groups is 1. The fourth-order valence-corrected chi connectivity index (χ4v) is 1.91. The van der Waals surface area contributed by atoms with Crippen LogP contribution in [0.4, 0.5) is 5.82 Å². The van der Waals surface area contributed by atoms with Crippen LogP contribution < -0.4 is 14.8 Å². The molecule has 0 saturated carbocycles. The summed E-state index contributed by atoms with van der Waals surface area (Å²) in [5, 5.41) is 11.6. The van der Waals surface area contributed by atoms with Crippen molar-refractivity contribution in [3.63, 3.8) is 0 Å². The molecule has 0 aliphatic carbocycles. The molecule has 6 heteroatoms. The van der Waals surface area contributed by atoms with Crippen LogP contribution in [0.25, 0.3) is 0 Å². The number of nitrogens with zero attached hydrogens (tertiary/aromatic N) is 2. The summed E-state index contributed by atoms with van der Waals surface area (Å²) in [5.41, 5.74) is 0.504. The summed E-state index contributed by atoms with van der Waals surface area (Å²) in [7, 11) is 1.52. The molecule has 0 unspecified atom stereocenters. The highest BCUT2D eigenvalue weighted by Gasteiger charge is 2.07. The van der Waals surface area contributed by atoms with Gasteiger partial charge in [-0.1, -0.05) is 6.07 Å². The SMILES string of the molecule is COc1cc(C#N)ccc1OCCCC(=O)Nc1ccccn1. The number of aromatic nitrogens is 1. The predicted octanol–water partition coefficient (Wildman–Crippen LogP) is 2.76. The van der Waals surface area contributed by atoms with Crippen molar-refractivity contribution in [3.05, 3.63) is 48.2 Å². The largest absolute Gasteiger partial charge is 0.493 e. The normalized spacial score (nSPS) is 9.74. The van der Waals surface area contributed by atoms with Crippen LogP contribution in [-0.4, -0.2) is 24.6 Å². The summed E-state index contributed by atoms with van der Waals surface area (Å²) < 4.78 is 10.8. The van der Waals surface area contributed by atoms with Crippen LogP contribution in [0.1, 0.15) is 18.4 Å². The van der Waals surface area contributed by atoms with Gasteiger partial charge in [0.05, 0.1) is 25.3 Å². The molecule has 0 saturated heterocycles. The summed E-state index contributed by atoms with van der Waals surface area (Å²) in [4.78, 5) is 15.8. The highest BCUT2D eigenvalue weighted by molar-refractivity contribution is 5.89. The van der Waals surface area contributed by atoms with Crippen molar-refractivity contribution in [2.75, 3.05) is 19.0 Å². The summed E-state index contributed by atoms with van der Waals surface area (Å²) in [6.45, 7) is 0.373. The number of rotatable bonds is 7. The van der Waals surface area contributed by atoms with E-state index in [0.717, 1.165) is 0 Å². The minimum absolute atomic E-state index is 0.112. The molecule has 0 radical (unpaired) electrons. The maximum Gasteiger partial charge on any atom is 0.225 e. The number of anilines is 1. The van der Waals surface area contributed by atoms with E-state index in [0.29, 0.717) is 42.3 Å². The van der Waals surface area contributed by atoms with Crippen molar-refractivity contribution in [2.24, 2.45) is 0 Å². The quantitative estimate of drug-likeness (QED) is 0.795. The topological polar surface area (TPSA) is 84.2 Å². The number of carbonyl (C=O) groups excluding carboxylic acids is 1. The lowest BCUT2D eigenvalue weighted by Crippen LogP contribution is -2.13. The Hall–Kier alpha value is -3.07. The summed E-state index contributed by atoms with van der Waals surface area (Å²) >= 11 is 0. The molecule has 0 aliphatic heterocycles. The van der Waals surface area contributed by atoms with E-state index >= 15 is 0 Å². The number of nitriles is 1. The van der Waals surface area contributed by atoms with Crippen molar-refractivity contribution < 1.29 is 14.3 Å². The number of amides is 1. The van der Waals surface area contributed by atoms with E-state index < -0.39 is 0 Å². The third kappa shape index (κ3) is 5.00. The number of nitrogens with one attached hydrogen (secondary N) is 1. The fraction of sp³-hybridized carbons (Fsp3) is 0.235. The fourth-order valence-electron chi connectivity index (χ4n) is 1.91. The minimum atomic E-state index is -0.112. The van der Waals surface area contributed by atoms with Gasteiger partial charge in [-0.05, 0) is 30.7 Å². The Bertz CT molecular complexity index is 696. The van der Waals surface area contributed by atoms with Gasteiger partial charge in [-0.25, -0.2) is 4.98 Å². The third-order valence-electron chi connectivity index (χ3n) is 3.03. The summed E-state index contributed by atoms with van der Waals surface area (Å²) in [6, 6.07) is 12.3. The molecule has 1 N–H and O–H groups in total. The molecule has 6 nitrogen and oxygen atoms in total. The van der Waals surface area contributed by atoms with E-state index in [1.807, 2.05) is 12.1 Å². The molecule has 23 heavy (non-hydrogen) atoms. The molecule has 1 heterocycles. The number of hydrogen-bond acceptors (Lipinski definition) is 5. The van der Waals surface area contributed by atoms with Crippen molar-refractivity contribution >= 4 is 11.7 Å². The molecule has 1 aromatic carbocycles. The van der Waals surface area contributed by atoms with Crippen molar-refractivity contribution in [1.82, 2.24) is 4.98 Å². The van der Waals surface area contributed by atoms with Crippen molar-refractivity contribution in [2.45, 2.75) is 12.8 Å². The van der Waals surface area contributed by atoms with Crippen LogP contribution in [0.3, 0.4) is 0 Å². The average molecular weight is 311 g/mol. The van der Waals surface area contributed by atoms with Crippen LogP contribution >= 0.6 is 0 Å². The smallest absolute Gasteiger partial charge is 0.225 e. The van der Waals surface area contributed by atoms with Crippen molar-refractivity contribution in [3.8, 4) is 17.6 Å². The van der Waals surface area contributed by atoms with Crippen LogP contribution in [0.15, 0.2) is 42.6 Å². The van der Waals surface area contributed by atoms with E-state index in [9.17, 15) is 4.79 Å². The van der Waals surface area contributed by atoms with Crippen LogP contribution in [0, 0.1) is 11.3 Å². The Morgan fingerprint density at radius 3 is 2.87 bits per heavy atom. The predicted molar refractivity (Wildman–Crippen MR) is 85.3 cm³/mol. The molecule has 1 aromatic heterocycles. The Kier molecular flexibility index (Phi) is 5.95. The summed E-state index contributed by atoms with van der Waals surface area (Å²) in [6.07, 6.45) is 2.51. The Balaban J connectivity index is 1.77. The zero-order valence-electron chi connectivity index (χ0n) is 12.8. The van der Waals surface area contributed by atoms with Gasteiger partial charge in [-0.3, -0.25) is 4.79 Å². The number of benzene rings is 1. The molecule has 118 valence electrons. The van der Waals surface area contributed by atoms with Gasteiger partial charge in [0, 0.05) is 18.7 Å². The average Bonchev–Trinajstić information content (AvgIpc) is 2.59. The van der Waals surface area contributed by atoms with Gasteiger partial charge in [0.2, 0.25) is 5.91 Å². The van der Waals surface area contributed by atoms with Gasteiger partial charge in [-0.2, -0.15) is 5.26 Å². The third-order valence-corrected chi connectivity index (χ3v) is 3.03. The molecule has 0 bridgehead atoms. The molecule has 0 atom stereocenters. The number of methoxy groups -OCH3 is 1. The zero-order valence-corrected chi connectivity index (χ0v) is 12.8. The standard InChI is InChI=1S/C17H17N3O3/c1-22-15-11-13(12-18)7-8-14(15)23-10-4-6-17(21)20-16-5-2-3-9-19-16/h2-3,5,7-9,11H,4,6,10H2,1H3,(H,19,20,21). The molecule has 0 aliphatic rings. The molecule has 1 amide bonds. The molecule has 0 spiro atoms. The second-order valence-corrected chi connectivity index (χ2v) is 4.69. The van der Waals surface area contributed by atoms with E-state index in [-0.39, 0.29) is 5.91 Å². The number of ether oxygens (including phenoxy) is 2. The van der Waals surface area contributed by atoms with Gasteiger partial charge in [0.25, 0.3) is 0 Å².